The normalized spacial score (nSPS) is 10.7. The largest absolute Gasteiger partial charge is 0.478 e. The molecule has 0 aliphatic carbocycles. The quantitative estimate of drug-likeness (QED) is 0.312. The summed E-state index contributed by atoms with van der Waals surface area (Å²) in [5.74, 6) is -1.39. The van der Waals surface area contributed by atoms with Crippen molar-refractivity contribution in [2.45, 2.75) is 0 Å². The Morgan fingerprint density at radius 2 is 1.06 bits per heavy atom. The maximum atomic E-state index is 11.4. The first kappa shape index (κ1) is 21.9. The summed E-state index contributed by atoms with van der Waals surface area (Å²) in [5, 5.41) is 18.7. The van der Waals surface area contributed by atoms with Crippen molar-refractivity contribution in [1.29, 1.82) is 0 Å². The summed E-state index contributed by atoms with van der Waals surface area (Å²) in [6.45, 7) is 0. The average Bonchev–Trinajstić information content (AvgIpc) is 3.30. The fourth-order valence-electron chi connectivity index (χ4n) is 4.04. The first-order valence-electron chi connectivity index (χ1n) is 10.9. The second kappa shape index (κ2) is 9.11. The van der Waals surface area contributed by atoms with E-state index >= 15 is 0 Å². The molecule has 4 aromatic carbocycles. The van der Waals surface area contributed by atoms with E-state index in [-0.39, 0.29) is 11.1 Å². The zero-order valence-corrected chi connectivity index (χ0v) is 18.5. The highest BCUT2D eigenvalue weighted by atomic mass is 16.4. The molecule has 0 bridgehead atoms. The van der Waals surface area contributed by atoms with Crippen molar-refractivity contribution in [2.75, 3.05) is 0 Å². The van der Waals surface area contributed by atoms with Gasteiger partial charge < -0.3 is 10.2 Å². The standard InChI is InChI=1S/C29H20N2O4/c32-28(33)22-13-11-21(12-14-22)27-30-25(19-7-3-1-4-8-19)26(20-9-5-2-6-10-20)31(27)24-17-15-23(16-18-24)29(34)35/h1-18H,(H,32,33)(H,34,35). The highest BCUT2D eigenvalue weighted by molar-refractivity contribution is 5.90. The number of carbonyl (C=O) groups is 2. The van der Waals surface area contributed by atoms with Crippen LogP contribution in [0.1, 0.15) is 20.7 Å². The Hall–Kier alpha value is -4.97. The van der Waals surface area contributed by atoms with Gasteiger partial charge in [-0.1, -0.05) is 72.8 Å². The fraction of sp³-hybridized carbons (Fsp3) is 0. The molecule has 1 aromatic heterocycles. The monoisotopic (exact) mass is 460 g/mol. The molecule has 35 heavy (non-hydrogen) atoms. The van der Waals surface area contributed by atoms with Gasteiger partial charge in [0.1, 0.15) is 5.82 Å². The number of hydrogen-bond acceptors (Lipinski definition) is 3. The van der Waals surface area contributed by atoms with Crippen molar-refractivity contribution in [3.8, 4) is 39.6 Å². The predicted molar refractivity (Wildman–Crippen MR) is 134 cm³/mol. The van der Waals surface area contributed by atoms with Gasteiger partial charge in [0, 0.05) is 22.4 Å². The maximum Gasteiger partial charge on any atom is 0.335 e. The lowest BCUT2D eigenvalue weighted by molar-refractivity contribution is 0.0686. The number of rotatable bonds is 6. The van der Waals surface area contributed by atoms with Crippen molar-refractivity contribution in [3.05, 3.63) is 120 Å². The average molecular weight is 460 g/mol. The van der Waals surface area contributed by atoms with Gasteiger partial charge in [-0.3, -0.25) is 4.57 Å². The Labute approximate surface area is 201 Å². The Kier molecular flexibility index (Phi) is 5.69. The Morgan fingerprint density at radius 3 is 1.57 bits per heavy atom. The molecule has 0 fully saturated rings. The molecule has 5 rings (SSSR count). The number of carboxylic acids is 2. The SMILES string of the molecule is O=C(O)c1ccc(-c2nc(-c3ccccc3)c(-c3ccccc3)n2-c2ccc(C(=O)O)cc2)cc1. The van der Waals surface area contributed by atoms with E-state index < -0.39 is 11.9 Å². The summed E-state index contributed by atoms with van der Waals surface area (Å²) in [4.78, 5) is 27.9. The Bertz CT molecular complexity index is 1510. The fourth-order valence-corrected chi connectivity index (χ4v) is 4.04. The van der Waals surface area contributed by atoms with E-state index in [4.69, 9.17) is 4.98 Å². The first-order valence-corrected chi connectivity index (χ1v) is 10.9. The van der Waals surface area contributed by atoms with Crippen LogP contribution in [0.15, 0.2) is 109 Å². The lowest BCUT2D eigenvalue weighted by Crippen LogP contribution is -2.02. The topological polar surface area (TPSA) is 92.4 Å². The van der Waals surface area contributed by atoms with E-state index in [1.54, 1.807) is 48.5 Å². The molecule has 6 nitrogen and oxygen atoms in total. The van der Waals surface area contributed by atoms with Gasteiger partial charge in [-0.25, -0.2) is 14.6 Å². The summed E-state index contributed by atoms with van der Waals surface area (Å²) in [6, 6.07) is 32.9. The molecule has 0 unspecified atom stereocenters. The van der Waals surface area contributed by atoms with Crippen LogP contribution in [-0.4, -0.2) is 31.7 Å². The predicted octanol–water partition coefficient (Wildman–Crippen LogP) is 6.27. The van der Waals surface area contributed by atoms with Crippen LogP contribution in [0.2, 0.25) is 0 Å². The van der Waals surface area contributed by atoms with Gasteiger partial charge >= 0.3 is 11.9 Å². The molecule has 6 heteroatoms. The zero-order chi connectivity index (χ0) is 24.4. The smallest absolute Gasteiger partial charge is 0.335 e. The van der Waals surface area contributed by atoms with Gasteiger partial charge in [0.15, 0.2) is 0 Å². The lowest BCUT2D eigenvalue weighted by atomic mass is 10.0. The number of benzene rings is 4. The number of imidazole rings is 1. The molecule has 5 aromatic rings. The summed E-state index contributed by atoms with van der Waals surface area (Å²) in [6.07, 6.45) is 0. The molecule has 0 spiro atoms. The van der Waals surface area contributed by atoms with E-state index in [0.717, 1.165) is 33.8 Å². The van der Waals surface area contributed by atoms with Crippen molar-refractivity contribution in [3.63, 3.8) is 0 Å². The molecule has 0 aliphatic rings. The third kappa shape index (κ3) is 4.20. The van der Waals surface area contributed by atoms with Gasteiger partial charge in [-0.2, -0.15) is 0 Å². The molecule has 0 aliphatic heterocycles. The van der Waals surface area contributed by atoms with E-state index in [1.807, 2.05) is 65.2 Å². The minimum atomic E-state index is -1.00. The third-order valence-corrected chi connectivity index (χ3v) is 5.73. The van der Waals surface area contributed by atoms with E-state index in [0.29, 0.717) is 5.82 Å². The molecule has 0 atom stereocenters. The van der Waals surface area contributed by atoms with Crippen LogP contribution in [0.5, 0.6) is 0 Å². The van der Waals surface area contributed by atoms with Crippen LogP contribution >= 0.6 is 0 Å². The molecule has 2 N–H and O–H groups in total. The molecular formula is C29H20N2O4. The van der Waals surface area contributed by atoms with E-state index in [2.05, 4.69) is 0 Å². The van der Waals surface area contributed by atoms with Gasteiger partial charge in [0.05, 0.1) is 22.5 Å². The number of carboxylic acid groups (broad SMARTS) is 2. The van der Waals surface area contributed by atoms with Crippen molar-refractivity contribution >= 4 is 11.9 Å². The highest BCUT2D eigenvalue weighted by Gasteiger charge is 2.22. The minimum Gasteiger partial charge on any atom is -0.478 e. The van der Waals surface area contributed by atoms with Crippen LogP contribution in [0.25, 0.3) is 39.6 Å². The molecule has 170 valence electrons. The van der Waals surface area contributed by atoms with Gasteiger partial charge in [-0.05, 0) is 36.4 Å². The Morgan fingerprint density at radius 1 is 0.571 bits per heavy atom. The first-order chi connectivity index (χ1) is 17.0. The highest BCUT2D eigenvalue weighted by Crippen LogP contribution is 2.38. The molecular weight excluding hydrogens is 440 g/mol. The maximum absolute atomic E-state index is 11.4. The summed E-state index contributed by atoms with van der Waals surface area (Å²) in [7, 11) is 0. The summed E-state index contributed by atoms with van der Waals surface area (Å²) in [5.41, 5.74) is 5.31. The summed E-state index contributed by atoms with van der Waals surface area (Å²) >= 11 is 0. The van der Waals surface area contributed by atoms with Crippen molar-refractivity contribution < 1.29 is 19.8 Å². The number of aromatic nitrogens is 2. The van der Waals surface area contributed by atoms with Gasteiger partial charge in [-0.15, -0.1) is 0 Å². The van der Waals surface area contributed by atoms with E-state index in [1.165, 1.54) is 0 Å². The van der Waals surface area contributed by atoms with Gasteiger partial charge in [0.2, 0.25) is 0 Å². The zero-order valence-electron chi connectivity index (χ0n) is 18.5. The van der Waals surface area contributed by atoms with Crippen molar-refractivity contribution in [1.82, 2.24) is 9.55 Å². The number of hydrogen-bond donors (Lipinski definition) is 2. The summed E-state index contributed by atoms with van der Waals surface area (Å²) < 4.78 is 1.99. The molecule has 0 radical (unpaired) electrons. The third-order valence-electron chi connectivity index (χ3n) is 5.73. The van der Waals surface area contributed by atoms with Crippen LogP contribution in [-0.2, 0) is 0 Å². The molecule has 0 amide bonds. The Balaban J connectivity index is 1.83. The van der Waals surface area contributed by atoms with E-state index in [9.17, 15) is 19.8 Å². The van der Waals surface area contributed by atoms with Gasteiger partial charge in [0.25, 0.3) is 0 Å². The molecule has 0 saturated heterocycles. The number of aromatic carboxylic acids is 2. The second-order valence-electron chi connectivity index (χ2n) is 7.93. The van der Waals surface area contributed by atoms with Crippen LogP contribution in [0.4, 0.5) is 0 Å². The van der Waals surface area contributed by atoms with Crippen LogP contribution in [0, 0.1) is 0 Å². The van der Waals surface area contributed by atoms with Crippen LogP contribution in [0.3, 0.4) is 0 Å². The van der Waals surface area contributed by atoms with Crippen LogP contribution < -0.4 is 0 Å². The second-order valence-corrected chi connectivity index (χ2v) is 7.93. The molecule has 1 heterocycles. The lowest BCUT2D eigenvalue weighted by Gasteiger charge is -2.14. The molecule has 0 saturated carbocycles. The number of nitrogens with zero attached hydrogens (tertiary/aromatic N) is 2. The minimum absolute atomic E-state index is 0.184. The van der Waals surface area contributed by atoms with Crippen molar-refractivity contribution in [2.24, 2.45) is 0 Å².